The molecule has 8 heteroatoms. The summed E-state index contributed by atoms with van der Waals surface area (Å²) in [5.41, 5.74) is 0.299. The summed E-state index contributed by atoms with van der Waals surface area (Å²) in [5.74, 6) is -1.54. The molecule has 2 atom stereocenters. The summed E-state index contributed by atoms with van der Waals surface area (Å²) in [4.78, 5) is 22.7. The van der Waals surface area contributed by atoms with E-state index < -0.39 is 24.1 Å². The third-order valence-corrected chi connectivity index (χ3v) is 3.89. The Bertz CT molecular complexity index is 564. The lowest BCUT2D eigenvalue weighted by Crippen LogP contribution is -2.30. The van der Waals surface area contributed by atoms with Gasteiger partial charge in [0.15, 0.2) is 6.10 Å². The molecule has 1 aromatic carbocycles. The van der Waals surface area contributed by atoms with Crippen LogP contribution in [0, 0.1) is 0 Å². The molecule has 1 aliphatic rings. The van der Waals surface area contributed by atoms with Crippen molar-refractivity contribution in [3.8, 4) is 0 Å². The van der Waals surface area contributed by atoms with Gasteiger partial charge in [0.05, 0.1) is 20.8 Å². The lowest BCUT2D eigenvalue weighted by molar-refractivity contribution is -0.150. The van der Waals surface area contributed by atoms with Gasteiger partial charge in [-0.05, 0) is 25.0 Å². The van der Waals surface area contributed by atoms with Gasteiger partial charge in [0, 0.05) is 0 Å². The van der Waals surface area contributed by atoms with Crippen molar-refractivity contribution in [2.24, 2.45) is 0 Å². The van der Waals surface area contributed by atoms with Crippen molar-refractivity contribution in [1.82, 2.24) is 0 Å². The Morgan fingerprint density at radius 1 is 1.10 bits per heavy atom. The number of carbonyl (C=O) groups excluding carboxylic acids is 1. The SMILES string of the molecule is O=C(O)C1CCC(C(=O)Nc2cc(Cl)c(Cl)cc2Cl)O1. The quantitative estimate of drug-likeness (QED) is 0.830. The van der Waals surface area contributed by atoms with Gasteiger partial charge in [-0.15, -0.1) is 0 Å². The minimum absolute atomic E-state index is 0.237. The number of halogens is 3. The van der Waals surface area contributed by atoms with Crippen molar-refractivity contribution in [1.29, 1.82) is 0 Å². The van der Waals surface area contributed by atoms with E-state index in [0.717, 1.165) is 0 Å². The van der Waals surface area contributed by atoms with Crippen LogP contribution in [0.2, 0.25) is 15.1 Å². The Labute approximate surface area is 129 Å². The molecule has 1 aliphatic heterocycles. The number of carboxylic acids is 1. The maximum atomic E-state index is 12.0. The van der Waals surface area contributed by atoms with Crippen molar-refractivity contribution < 1.29 is 19.4 Å². The summed E-state index contributed by atoms with van der Waals surface area (Å²) in [6.07, 6.45) is -1.14. The molecule has 2 unspecified atom stereocenters. The first-order valence-corrected chi connectivity index (χ1v) is 6.85. The Morgan fingerprint density at radius 2 is 1.70 bits per heavy atom. The highest BCUT2D eigenvalue weighted by atomic mass is 35.5. The summed E-state index contributed by atoms with van der Waals surface area (Å²) in [6.45, 7) is 0. The number of anilines is 1. The van der Waals surface area contributed by atoms with E-state index in [9.17, 15) is 9.59 Å². The fraction of sp³-hybridized carbons (Fsp3) is 0.333. The highest BCUT2D eigenvalue weighted by molar-refractivity contribution is 6.44. The molecule has 0 spiro atoms. The number of carboxylic acid groups (broad SMARTS) is 1. The first-order valence-electron chi connectivity index (χ1n) is 5.72. The second-order valence-corrected chi connectivity index (χ2v) is 5.49. The van der Waals surface area contributed by atoms with Crippen LogP contribution in [0.1, 0.15) is 12.8 Å². The van der Waals surface area contributed by atoms with Crippen LogP contribution in [0.25, 0.3) is 0 Å². The Hall–Kier alpha value is -1.01. The maximum Gasteiger partial charge on any atom is 0.332 e. The van der Waals surface area contributed by atoms with Crippen LogP contribution in [0.3, 0.4) is 0 Å². The molecule has 0 aromatic heterocycles. The van der Waals surface area contributed by atoms with Gasteiger partial charge in [0.1, 0.15) is 6.10 Å². The van der Waals surface area contributed by atoms with Crippen molar-refractivity contribution in [3.63, 3.8) is 0 Å². The zero-order valence-corrected chi connectivity index (χ0v) is 12.3. The highest BCUT2D eigenvalue weighted by Crippen LogP contribution is 2.32. The Morgan fingerprint density at radius 3 is 2.30 bits per heavy atom. The Balaban J connectivity index is 2.06. The number of benzene rings is 1. The molecule has 0 aliphatic carbocycles. The molecule has 0 bridgehead atoms. The highest BCUT2D eigenvalue weighted by Gasteiger charge is 2.34. The molecule has 20 heavy (non-hydrogen) atoms. The molecule has 2 rings (SSSR count). The van der Waals surface area contributed by atoms with Gasteiger partial charge >= 0.3 is 5.97 Å². The number of ether oxygens (including phenoxy) is 1. The van der Waals surface area contributed by atoms with E-state index in [1.54, 1.807) is 0 Å². The summed E-state index contributed by atoms with van der Waals surface area (Å²) < 4.78 is 5.14. The molecule has 1 aromatic rings. The molecule has 1 fully saturated rings. The smallest absolute Gasteiger partial charge is 0.332 e. The van der Waals surface area contributed by atoms with E-state index in [1.165, 1.54) is 12.1 Å². The van der Waals surface area contributed by atoms with Gasteiger partial charge < -0.3 is 15.2 Å². The lowest BCUT2D eigenvalue weighted by Gasteiger charge is -2.13. The van der Waals surface area contributed by atoms with Crippen LogP contribution in [-0.4, -0.2) is 29.2 Å². The third kappa shape index (κ3) is 3.35. The fourth-order valence-corrected chi connectivity index (χ4v) is 2.44. The minimum atomic E-state index is -1.08. The first kappa shape index (κ1) is 15.4. The predicted molar refractivity (Wildman–Crippen MR) is 75.6 cm³/mol. The van der Waals surface area contributed by atoms with Gasteiger partial charge in [-0.25, -0.2) is 4.79 Å². The van der Waals surface area contributed by atoms with E-state index in [4.69, 9.17) is 44.6 Å². The van der Waals surface area contributed by atoms with E-state index >= 15 is 0 Å². The van der Waals surface area contributed by atoms with Crippen LogP contribution in [0.15, 0.2) is 12.1 Å². The van der Waals surface area contributed by atoms with Crippen LogP contribution in [0.5, 0.6) is 0 Å². The van der Waals surface area contributed by atoms with Gasteiger partial charge in [-0.3, -0.25) is 4.79 Å². The fourth-order valence-electron chi connectivity index (χ4n) is 1.84. The molecular formula is C12H10Cl3NO4. The lowest BCUT2D eigenvalue weighted by atomic mass is 10.2. The second-order valence-electron chi connectivity index (χ2n) is 4.26. The second kappa shape index (κ2) is 6.18. The molecule has 108 valence electrons. The van der Waals surface area contributed by atoms with E-state index in [1.807, 2.05) is 0 Å². The molecule has 0 saturated carbocycles. The summed E-state index contributed by atoms with van der Waals surface area (Å²) in [6, 6.07) is 2.84. The first-order chi connectivity index (χ1) is 9.38. The Kier molecular flexibility index (Phi) is 4.75. The van der Waals surface area contributed by atoms with Gasteiger partial charge in [0.2, 0.25) is 0 Å². The van der Waals surface area contributed by atoms with Crippen molar-refractivity contribution in [2.75, 3.05) is 5.32 Å². The standard InChI is InChI=1S/C12H10Cl3NO4/c13-5-3-7(15)8(4-6(5)14)16-11(17)9-1-2-10(20-9)12(18)19/h3-4,9-10H,1-2H2,(H,16,17)(H,18,19). The van der Waals surface area contributed by atoms with E-state index in [2.05, 4.69) is 5.32 Å². The average Bonchev–Trinajstić information content (AvgIpc) is 2.85. The van der Waals surface area contributed by atoms with Crippen molar-refractivity contribution >= 4 is 52.4 Å². The number of aliphatic carboxylic acids is 1. The van der Waals surface area contributed by atoms with Gasteiger partial charge in [-0.1, -0.05) is 34.8 Å². The number of hydrogen-bond acceptors (Lipinski definition) is 3. The molecule has 1 heterocycles. The number of amides is 1. The molecule has 0 radical (unpaired) electrons. The van der Waals surface area contributed by atoms with Crippen LogP contribution in [-0.2, 0) is 14.3 Å². The van der Waals surface area contributed by atoms with Crippen LogP contribution >= 0.6 is 34.8 Å². The maximum absolute atomic E-state index is 12.0. The van der Waals surface area contributed by atoms with Crippen molar-refractivity contribution in [2.45, 2.75) is 25.0 Å². The summed E-state index contributed by atoms with van der Waals surface area (Å²) >= 11 is 17.6. The number of rotatable bonds is 3. The summed E-state index contributed by atoms with van der Waals surface area (Å²) in [5, 5.41) is 12.1. The number of nitrogens with one attached hydrogen (secondary N) is 1. The molecule has 5 nitrogen and oxygen atoms in total. The summed E-state index contributed by atoms with van der Waals surface area (Å²) in [7, 11) is 0. The van der Waals surface area contributed by atoms with Crippen molar-refractivity contribution in [3.05, 3.63) is 27.2 Å². The van der Waals surface area contributed by atoms with Crippen LogP contribution < -0.4 is 5.32 Å². The average molecular weight is 339 g/mol. The van der Waals surface area contributed by atoms with Crippen LogP contribution in [0.4, 0.5) is 5.69 Å². The van der Waals surface area contributed by atoms with E-state index in [-0.39, 0.29) is 15.1 Å². The van der Waals surface area contributed by atoms with E-state index in [0.29, 0.717) is 18.5 Å². The number of carbonyl (C=O) groups is 2. The van der Waals surface area contributed by atoms with Gasteiger partial charge in [0.25, 0.3) is 5.91 Å². The number of hydrogen-bond donors (Lipinski definition) is 2. The van der Waals surface area contributed by atoms with Gasteiger partial charge in [-0.2, -0.15) is 0 Å². The monoisotopic (exact) mass is 337 g/mol. The molecule has 2 N–H and O–H groups in total. The zero-order chi connectivity index (χ0) is 14.9. The largest absolute Gasteiger partial charge is 0.479 e. The third-order valence-electron chi connectivity index (χ3n) is 2.86. The topological polar surface area (TPSA) is 75.6 Å². The predicted octanol–water partition coefficient (Wildman–Crippen LogP) is 3.22. The minimum Gasteiger partial charge on any atom is -0.479 e. The zero-order valence-electron chi connectivity index (χ0n) is 10.0. The molecule has 1 amide bonds. The molecule has 1 saturated heterocycles. The molecular weight excluding hydrogens is 328 g/mol. The normalized spacial score (nSPS) is 21.8.